The topological polar surface area (TPSA) is 69.9 Å². The third-order valence-corrected chi connectivity index (χ3v) is 3.41. The van der Waals surface area contributed by atoms with Gasteiger partial charge in [-0.3, -0.25) is 0 Å². The number of H-pyrrole nitrogens is 2. The van der Waals surface area contributed by atoms with E-state index < -0.39 is 0 Å². The van der Waals surface area contributed by atoms with Crippen molar-refractivity contribution in [3.63, 3.8) is 0 Å². The van der Waals surface area contributed by atoms with Gasteiger partial charge in [0.15, 0.2) is 0 Å². The van der Waals surface area contributed by atoms with Gasteiger partial charge in [0.05, 0.1) is 17.6 Å². The first kappa shape index (κ1) is 14.3. The molecule has 0 bridgehead atoms. The summed E-state index contributed by atoms with van der Waals surface area (Å²) in [7, 11) is 0. The predicted molar refractivity (Wildman–Crippen MR) is 88.5 cm³/mol. The molecular weight excluding hydrogens is 278 g/mol. The molecule has 0 aliphatic carbocycles. The molecule has 0 spiro atoms. The maximum absolute atomic E-state index is 11.2. The molecule has 0 aliphatic heterocycles. The Bertz CT molecular complexity index is 803. The number of hydrogen-bond donors (Lipinski definition) is 3. The summed E-state index contributed by atoms with van der Waals surface area (Å²) in [4.78, 5) is 16.7. The zero-order valence-electron chi connectivity index (χ0n) is 12.5. The molecule has 3 N–H and O–H groups in total. The molecule has 0 saturated heterocycles. The van der Waals surface area contributed by atoms with E-state index in [-0.39, 0.29) is 5.69 Å². The molecule has 3 rings (SSSR count). The van der Waals surface area contributed by atoms with Gasteiger partial charge in [0.2, 0.25) is 0 Å². The van der Waals surface area contributed by atoms with Crippen LogP contribution in [0.15, 0.2) is 47.3 Å². The van der Waals surface area contributed by atoms with Gasteiger partial charge in [-0.2, -0.15) is 0 Å². The van der Waals surface area contributed by atoms with Crippen LogP contribution in [-0.2, 0) is 6.54 Å². The minimum atomic E-state index is -0.185. The van der Waals surface area contributed by atoms with Crippen LogP contribution < -0.4 is 15.7 Å². The molecule has 3 aromatic rings. The van der Waals surface area contributed by atoms with Crippen LogP contribution in [0.4, 0.5) is 5.69 Å². The van der Waals surface area contributed by atoms with Crippen molar-refractivity contribution in [3.05, 3.63) is 58.5 Å². The molecule has 2 aromatic carbocycles. The van der Waals surface area contributed by atoms with E-state index in [1.807, 2.05) is 30.3 Å². The zero-order valence-corrected chi connectivity index (χ0v) is 12.5. The molecule has 0 saturated carbocycles. The van der Waals surface area contributed by atoms with Crippen LogP contribution in [0.3, 0.4) is 0 Å². The molecule has 5 nitrogen and oxygen atoms in total. The van der Waals surface area contributed by atoms with Crippen LogP contribution in [0.25, 0.3) is 11.0 Å². The Labute approximate surface area is 128 Å². The highest BCUT2D eigenvalue weighted by atomic mass is 16.5. The number of aromatic nitrogens is 2. The Morgan fingerprint density at radius 3 is 2.59 bits per heavy atom. The van der Waals surface area contributed by atoms with Crippen molar-refractivity contribution >= 4 is 16.7 Å². The summed E-state index contributed by atoms with van der Waals surface area (Å²) in [5.74, 6) is 0.900. The van der Waals surface area contributed by atoms with Crippen molar-refractivity contribution < 1.29 is 4.74 Å². The summed E-state index contributed by atoms with van der Waals surface area (Å²) in [6.07, 6.45) is 1.01. The van der Waals surface area contributed by atoms with Crippen LogP contribution in [0.5, 0.6) is 5.75 Å². The number of aromatic amines is 2. The highest BCUT2D eigenvalue weighted by molar-refractivity contribution is 5.78. The van der Waals surface area contributed by atoms with E-state index in [4.69, 9.17) is 4.74 Å². The van der Waals surface area contributed by atoms with Gasteiger partial charge in [0.25, 0.3) is 0 Å². The maximum Gasteiger partial charge on any atom is 0.323 e. The van der Waals surface area contributed by atoms with E-state index >= 15 is 0 Å². The number of anilines is 1. The summed E-state index contributed by atoms with van der Waals surface area (Å²) in [6.45, 7) is 3.55. The molecule has 0 unspecified atom stereocenters. The van der Waals surface area contributed by atoms with Crippen molar-refractivity contribution in [1.82, 2.24) is 9.97 Å². The first-order valence-electron chi connectivity index (χ1n) is 7.42. The third kappa shape index (κ3) is 3.31. The Balaban J connectivity index is 1.64. The molecule has 0 radical (unpaired) electrons. The van der Waals surface area contributed by atoms with Gasteiger partial charge in [-0.05, 0) is 42.3 Å². The normalized spacial score (nSPS) is 10.8. The fourth-order valence-electron chi connectivity index (χ4n) is 2.27. The third-order valence-electron chi connectivity index (χ3n) is 3.41. The largest absolute Gasteiger partial charge is 0.494 e. The second kappa shape index (κ2) is 6.39. The molecule has 0 aliphatic rings. The summed E-state index contributed by atoms with van der Waals surface area (Å²) >= 11 is 0. The van der Waals surface area contributed by atoms with Crippen molar-refractivity contribution in [3.8, 4) is 5.75 Å². The summed E-state index contributed by atoms with van der Waals surface area (Å²) < 4.78 is 5.57. The van der Waals surface area contributed by atoms with Crippen LogP contribution in [0.1, 0.15) is 18.9 Å². The molecule has 114 valence electrons. The number of ether oxygens (including phenoxy) is 1. The number of nitrogens with one attached hydrogen (secondary N) is 3. The smallest absolute Gasteiger partial charge is 0.323 e. The molecule has 0 atom stereocenters. The van der Waals surface area contributed by atoms with Crippen LogP contribution in [0.2, 0.25) is 0 Å². The van der Waals surface area contributed by atoms with Crippen LogP contribution >= 0.6 is 0 Å². The summed E-state index contributed by atoms with van der Waals surface area (Å²) in [5, 5.41) is 3.35. The fourth-order valence-corrected chi connectivity index (χ4v) is 2.27. The number of rotatable bonds is 6. The quantitative estimate of drug-likeness (QED) is 0.654. The van der Waals surface area contributed by atoms with Crippen molar-refractivity contribution in [2.75, 3.05) is 11.9 Å². The van der Waals surface area contributed by atoms with E-state index in [1.165, 1.54) is 5.56 Å². The van der Waals surface area contributed by atoms with Crippen LogP contribution in [0, 0.1) is 0 Å². The van der Waals surface area contributed by atoms with Crippen molar-refractivity contribution in [2.45, 2.75) is 19.9 Å². The van der Waals surface area contributed by atoms with Crippen LogP contribution in [-0.4, -0.2) is 16.6 Å². The van der Waals surface area contributed by atoms with Gasteiger partial charge in [-0.15, -0.1) is 0 Å². The minimum Gasteiger partial charge on any atom is -0.494 e. The van der Waals surface area contributed by atoms with Gasteiger partial charge in [-0.25, -0.2) is 4.79 Å². The average Bonchev–Trinajstić information content (AvgIpc) is 2.91. The first-order valence-corrected chi connectivity index (χ1v) is 7.42. The Morgan fingerprint density at radius 2 is 1.82 bits per heavy atom. The van der Waals surface area contributed by atoms with Gasteiger partial charge >= 0.3 is 5.69 Å². The second-order valence-corrected chi connectivity index (χ2v) is 5.19. The van der Waals surface area contributed by atoms with E-state index in [0.717, 1.165) is 35.5 Å². The number of benzene rings is 2. The Kier molecular flexibility index (Phi) is 4.14. The lowest BCUT2D eigenvalue weighted by molar-refractivity contribution is 0.317. The van der Waals surface area contributed by atoms with Gasteiger partial charge in [-0.1, -0.05) is 19.1 Å². The SMILES string of the molecule is CCCOc1ccc(CNc2ccc3[nH]c(=O)[nH]c3c2)cc1. The van der Waals surface area contributed by atoms with E-state index in [0.29, 0.717) is 6.54 Å². The highest BCUT2D eigenvalue weighted by Gasteiger charge is 2.00. The second-order valence-electron chi connectivity index (χ2n) is 5.19. The van der Waals surface area contributed by atoms with Crippen molar-refractivity contribution in [1.29, 1.82) is 0 Å². The lowest BCUT2D eigenvalue weighted by Gasteiger charge is -2.08. The standard InChI is InChI=1S/C17H19N3O2/c1-2-9-22-14-6-3-12(4-7-14)11-18-13-5-8-15-16(10-13)20-17(21)19-15/h3-8,10,18H,2,9,11H2,1H3,(H2,19,20,21). The number of hydrogen-bond acceptors (Lipinski definition) is 3. The highest BCUT2D eigenvalue weighted by Crippen LogP contribution is 2.17. The minimum absolute atomic E-state index is 0.185. The van der Waals surface area contributed by atoms with Gasteiger partial charge < -0.3 is 20.0 Å². The summed E-state index contributed by atoms with van der Waals surface area (Å²) in [5.41, 5.74) is 3.57. The maximum atomic E-state index is 11.2. The molecule has 22 heavy (non-hydrogen) atoms. The first-order chi connectivity index (χ1) is 10.7. The van der Waals surface area contributed by atoms with Gasteiger partial charge in [0, 0.05) is 12.2 Å². The van der Waals surface area contributed by atoms with E-state index in [1.54, 1.807) is 0 Å². The molecule has 0 fully saturated rings. The lowest BCUT2D eigenvalue weighted by Crippen LogP contribution is -2.00. The van der Waals surface area contributed by atoms with E-state index in [9.17, 15) is 4.79 Å². The molecule has 1 heterocycles. The van der Waals surface area contributed by atoms with Gasteiger partial charge in [0.1, 0.15) is 5.75 Å². The lowest BCUT2D eigenvalue weighted by atomic mass is 10.2. The number of fused-ring (bicyclic) bond motifs is 1. The molecule has 1 aromatic heterocycles. The average molecular weight is 297 g/mol. The number of imidazole rings is 1. The monoisotopic (exact) mass is 297 g/mol. The predicted octanol–water partition coefficient (Wildman–Crippen LogP) is 3.26. The molecule has 0 amide bonds. The Morgan fingerprint density at radius 1 is 1.05 bits per heavy atom. The molecular formula is C17H19N3O2. The van der Waals surface area contributed by atoms with Crippen molar-refractivity contribution in [2.24, 2.45) is 0 Å². The zero-order chi connectivity index (χ0) is 15.4. The molecule has 5 heteroatoms. The van der Waals surface area contributed by atoms with E-state index in [2.05, 4.69) is 34.3 Å². The summed E-state index contributed by atoms with van der Waals surface area (Å²) in [6, 6.07) is 13.8. The Hall–Kier alpha value is -2.69. The fraction of sp³-hybridized carbons (Fsp3) is 0.235.